The summed E-state index contributed by atoms with van der Waals surface area (Å²) in [5.74, 6) is -1.05. The van der Waals surface area contributed by atoms with Gasteiger partial charge in [0, 0.05) is 42.2 Å². The molecule has 6 nitrogen and oxygen atoms in total. The number of methoxy groups -OCH3 is 1. The van der Waals surface area contributed by atoms with Crippen molar-refractivity contribution in [3.05, 3.63) is 59.9 Å². The van der Waals surface area contributed by atoms with E-state index in [-0.39, 0.29) is 24.2 Å². The summed E-state index contributed by atoms with van der Waals surface area (Å²) in [5, 5.41) is 9.54. The molecule has 1 aromatic heterocycles. The third kappa shape index (κ3) is 5.81. The number of hydrogen-bond acceptors (Lipinski definition) is 5. The molecule has 1 N–H and O–H groups in total. The van der Waals surface area contributed by atoms with E-state index < -0.39 is 35.4 Å². The number of aromatic nitrogens is 1. The van der Waals surface area contributed by atoms with Gasteiger partial charge < -0.3 is 14.7 Å². The molecule has 0 aliphatic heterocycles. The van der Waals surface area contributed by atoms with Crippen molar-refractivity contribution in [2.24, 2.45) is 0 Å². The van der Waals surface area contributed by atoms with Crippen LogP contribution < -0.4 is 4.90 Å². The molecule has 0 saturated carbocycles. The molecule has 2 aromatic rings. The Morgan fingerprint density at radius 1 is 0.939 bits per heavy atom. The molecule has 0 bridgehead atoms. The van der Waals surface area contributed by atoms with Crippen LogP contribution in [0.25, 0.3) is 0 Å². The van der Waals surface area contributed by atoms with Crippen molar-refractivity contribution in [2.45, 2.75) is 37.2 Å². The van der Waals surface area contributed by atoms with Crippen LogP contribution >= 0.6 is 0 Å². The summed E-state index contributed by atoms with van der Waals surface area (Å²) in [5.41, 5.74) is -6.32. The molecule has 1 heterocycles. The number of nitrogens with zero attached hydrogens (tertiary/aromatic N) is 2. The second-order valence-corrected chi connectivity index (χ2v) is 6.98. The molecule has 0 atom stereocenters. The molecule has 0 spiro atoms. The van der Waals surface area contributed by atoms with E-state index in [9.17, 15) is 41.0 Å². The molecule has 0 radical (unpaired) electrons. The van der Waals surface area contributed by atoms with Crippen LogP contribution in [0.1, 0.15) is 35.2 Å². The number of anilines is 1. The number of halogens is 6. The number of pyridine rings is 1. The van der Waals surface area contributed by atoms with Gasteiger partial charge in [0.2, 0.25) is 0 Å². The fraction of sp³-hybridized carbons (Fsp3) is 0.381. The molecular formula is C21H20F6N2O4. The molecule has 0 saturated heterocycles. The van der Waals surface area contributed by atoms with Crippen molar-refractivity contribution < 1.29 is 45.8 Å². The molecule has 1 aromatic carbocycles. The van der Waals surface area contributed by atoms with E-state index in [0.29, 0.717) is 25.0 Å². The van der Waals surface area contributed by atoms with Gasteiger partial charge >= 0.3 is 18.3 Å². The average Bonchev–Trinajstić information content (AvgIpc) is 2.77. The maximum atomic E-state index is 13.1. The van der Waals surface area contributed by atoms with Gasteiger partial charge in [0.1, 0.15) is 0 Å². The van der Waals surface area contributed by atoms with Crippen molar-refractivity contribution in [3.63, 3.8) is 0 Å². The van der Waals surface area contributed by atoms with E-state index in [2.05, 4.69) is 9.72 Å². The summed E-state index contributed by atoms with van der Waals surface area (Å²) < 4.78 is 83.2. The molecular weight excluding hydrogens is 458 g/mol. The van der Waals surface area contributed by atoms with Gasteiger partial charge in [-0.2, -0.15) is 26.3 Å². The van der Waals surface area contributed by atoms with E-state index in [1.165, 1.54) is 31.6 Å². The van der Waals surface area contributed by atoms with Gasteiger partial charge in [0.25, 0.3) is 11.5 Å². The number of alkyl halides is 6. The highest BCUT2D eigenvalue weighted by Gasteiger charge is 2.71. The molecule has 0 fully saturated rings. The normalized spacial score (nSPS) is 12.4. The van der Waals surface area contributed by atoms with Crippen molar-refractivity contribution in [3.8, 4) is 0 Å². The lowest BCUT2D eigenvalue weighted by molar-refractivity contribution is -0.376. The minimum atomic E-state index is -6.02. The predicted octanol–water partition coefficient (Wildman–Crippen LogP) is 4.38. The van der Waals surface area contributed by atoms with E-state index >= 15 is 0 Å². The minimum absolute atomic E-state index is 0.00493. The first kappa shape index (κ1) is 26.1. The third-order valence-electron chi connectivity index (χ3n) is 4.83. The number of benzene rings is 1. The highest BCUT2D eigenvalue weighted by Crippen LogP contribution is 2.50. The fourth-order valence-corrected chi connectivity index (χ4v) is 3.01. The quantitative estimate of drug-likeness (QED) is 0.346. The van der Waals surface area contributed by atoms with E-state index in [1.54, 1.807) is 0 Å². The highest BCUT2D eigenvalue weighted by molar-refractivity contribution is 6.06. The maximum Gasteiger partial charge on any atom is 0.430 e. The number of unbranched alkanes of at least 4 members (excludes halogenated alkanes) is 1. The number of hydrogen-bond donors (Lipinski definition) is 1. The molecule has 0 unspecified atom stereocenters. The SMILES string of the molecule is COC(=O)CCCCN(C(=O)c1ccncc1)c1ccc(C(O)(C(F)(F)F)C(F)(F)F)cc1. The van der Waals surface area contributed by atoms with Crippen molar-refractivity contribution in [1.82, 2.24) is 4.98 Å². The standard InChI is InChI=1S/C21H20F6N2O4/c1-33-17(30)4-2-3-13-29(18(31)14-9-11-28-12-10-14)16-7-5-15(6-8-16)19(32,20(22,23)24)21(25,26)27/h5-12,32H,2-4,13H2,1H3. The third-order valence-corrected chi connectivity index (χ3v) is 4.83. The molecule has 12 heteroatoms. The van der Waals surface area contributed by atoms with Gasteiger partial charge in [-0.05, 0) is 37.1 Å². The Bertz CT molecular complexity index is 932. The van der Waals surface area contributed by atoms with Gasteiger partial charge in [-0.1, -0.05) is 12.1 Å². The van der Waals surface area contributed by atoms with Crippen LogP contribution in [0, 0.1) is 0 Å². The first-order valence-corrected chi connectivity index (χ1v) is 9.58. The zero-order valence-corrected chi connectivity index (χ0v) is 17.3. The number of aliphatic hydroxyl groups is 1. The lowest BCUT2D eigenvalue weighted by Gasteiger charge is -2.33. The van der Waals surface area contributed by atoms with Crippen LogP contribution in [0.3, 0.4) is 0 Å². The largest absolute Gasteiger partial charge is 0.469 e. The van der Waals surface area contributed by atoms with Crippen LogP contribution in [0.15, 0.2) is 48.8 Å². The van der Waals surface area contributed by atoms with Crippen LogP contribution in [-0.2, 0) is 15.1 Å². The summed E-state index contributed by atoms with van der Waals surface area (Å²) in [6.07, 6.45) is -8.66. The first-order chi connectivity index (χ1) is 15.3. The zero-order chi connectivity index (χ0) is 24.9. The molecule has 0 aliphatic rings. The summed E-state index contributed by atoms with van der Waals surface area (Å²) >= 11 is 0. The summed E-state index contributed by atoms with van der Waals surface area (Å²) in [7, 11) is 1.21. The van der Waals surface area contributed by atoms with Gasteiger partial charge in [-0.3, -0.25) is 14.6 Å². The maximum absolute atomic E-state index is 13.1. The Labute approximate surface area is 184 Å². The number of esters is 1. The van der Waals surface area contributed by atoms with Crippen LogP contribution in [0.2, 0.25) is 0 Å². The Morgan fingerprint density at radius 2 is 1.48 bits per heavy atom. The average molecular weight is 478 g/mol. The minimum Gasteiger partial charge on any atom is -0.469 e. The molecule has 33 heavy (non-hydrogen) atoms. The molecule has 180 valence electrons. The monoisotopic (exact) mass is 478 g/mol. The number of carbonyl (C=O) groups is 2. The van der Waals surface area contributed by atoms with Crippen LogP contribution in [0.5, 0.6) is 0 Å². The summed E-state index contributed by atoms with van der Waals surface area (Å²) in [6, 6.07) is 5.50. The number of rotatable bonds is 8. The molecule has 2 rings (SSSR count). The van der Waals surface area contributed by atoms with E-state index in [4.69, 9.17) is 0 Å². The van der Waals surface area contributed by atoms with Crippen molar-refractivity contribution >= 4 is 17.6 Å². The van der Waals surface area contributed by atoms with Crippen molar-refractivity contribution in [2.75, 3.05) is 18.6 Å². The highest BCUT2D eigenvalue weighted by atomic mass is 19.4. The second kappa shape index (κ2) is 10.2. The van der Waals surface area contributed by atoms with Crippen molar-refractivity contribution in [1.29, 1.82) is 0 Å². The predicted molar refractivity (Wildman–Crippen MR) is 104 cm³/mol. The molecule has 0 aliphatic carbocycles. The zero-order valence-electron chi connectivity index (χ0n) is 17.3. The number of carbonyl (C=O) groups excluding carboxylic acids is 2. The van der Waals surface area contributed by atoms with E-state index in [0.717, 1.165) is 17.0 Å². The Kier molecular flexibility index (Phi) is 8.06. The summed E-state index contributed by atoms with van der Waals surface area (Å²) in [4.78, 5) is 29.1. The van der Waals surface area contributed by atoms with E-state index in [1.807, 2.05) is 0 Å². The van der Waals surface area contributed by atoms with Crippen LogP contribution in [-0.4, -0.2) is 48.0 Å². The van der Waals surface area contributed by atoms with Crippen LogP contribution in [0.4, 0.5) is 32.0 Å². The topological polar surface area (TPSA) is 79.7 Å². The lowest BCUT2D eigenvalue weighted by Crippen LogP contribution is -2.53. The Balaban J connectivity index is 2.36. The lowest BCUT2D eigenvalue weighted by atomic mass is 9.92. The van der Waals surface area contributed by atoms with Gasteiger partial charge in [-0.15, -0.1) is 0 Å². The molecule has 1 amide bonds. The summed E-state index contributed by atoms with van der Waals surface area (Å²) in [6.45, 7) is 0.0142. The smallest absolute Gasteiger partial charge is 0.430 e. The van der Waals surface area contributed by atoms with Gasteiger partial charge in [0.05, 0.1) is 7.11 Å². The van der Waals surface area contributed by atoms with Gasteiger partial charge in [0.15, 0.2) is 0 Å². The Hall–Kier alpha value is -3.15. The number of ether oxygens (including phenoxy) is 1. The number of amides is 1. The Morgan fingerprint density at radius 3 is 1.97 bits per heavy atom. The second-order valence-electron chi connectivity index (χ2n) is 6.98. The van der Waals surface area contributed by atoms with Gasteiger partial charge in [-0.25, -0.2) is 0 Å². The first-order valence-electron chi connectivity index (χ1n) is 9.58. The fourth-order valence-electron chi connectivity index (χ4n) is 3.01.